The molecule has 0 aliphatic carbocycles. The van der Waals surface area contributed by atoms with Gasteiger partial charge in [-0.3, -0.25) is 4.79 Å². The van der Waals surface area contributed by atoms with Crippen molar-refractivity contribution in [3.05, 3.63) is 59.8 Å². The van der Waals surface area contributed by atoms with Crippen LogP contribution in [0.3, 0.4) is 0 Å². The average molecular weight is 488 g/mol. The second kappa shape index (κ2) is 11.6. The van der Waals surface area contributed by atoms with Crippen molar-refractivity contribution >= 4 is 35.8 Å². The second-order valence-corrected chi connectivity index (χ2v) is 6.17. The van der Waals surface area contributed by atoms with Gasteiger partial charge in [-0.25, -0.2) is 9.38 Å². The van der Waals surface area contributed by atoms with Gasteiger partial charge >= 0.3 is 0 Å². The van der Waals surface area contributed by atoms with E-state index >= 15 is 0 Å². The smallest absolute Gasteiger partial charge is 0.243 e. The lowest BCUT2D eigenvalue weighted by Gasteiger charge is -2.23. The van der Waals surface area contributed by atoms with Gasteiger partial charge in [-0.05, 0) is 29.8 Å². The minimum atomic E-state index is -0.265. The second-order valence-electron chi connectivity index (χ2n) is 6.17. The van der Waals surface area contributed by atoms with Crippen LogP contribution >= 0.6 is 24.0 Å². The monoisotopic (exact) mass is 488 g/mol. The van der Waals surface area contributed by atoms with Crippen molar-refractivity contribution in [3.8, 4) is 0 Å². The summed E-state index contributed by atoms with van der Waals surface area (Å²) in [4.78, 5) is 19.7. The van der Waals surface area contributed by atoms with E-state index in [1.807, 2.05) is 24.1 Å². The number of rotatable bonds is 7. The van der Waals surface area contributed by atoms with E-state index in [0.717, 1.165) is 11.3 Å². The molecule has 0 spiro atoms. The standard InChI is InChI=1S/C19H25FN4O2.HI/c1-23(2)18(25)13-22-19(21-11-10-17-5-4-12-26-17)24(3)14-15-6-8-16(20)9-7-15;/h4-9,12H,10-11,13-14H2,1-3H3,(H,21,22);1H. The van der Waals surface area contributed by atoms with E-state index in [0.29, 0.717) is 25.5 Å². The fraction of sp³-hybridized carbons (Fsp3) is 0.368. The molecule has 0 saturated carbocycles. The predicted molar refractivity (Wildman–Crippen MR) is 115 cm³/mol. The Morgan fingerprint density at radius 2 is 1.89 bits per heavy atom. The number of hydrogen-bond donors (Lipinski definition) is 1. The topological polar surface area (TPSA) is 61.1 Å². The summed E-state index contributed by atoms with van der Waals surface area (Å²) in [6.07, 6.45) is 2.35. The Morgan fingerprint density at radius 1 is 1.19 bits per heavy atom. The molecule has 148 valence electrons. The molecule has 0 radical (unpaired) electrons. The lowest BCUT2D eigenvalue weighted by molar-refractivity contribution is -0.127. The number of hydrogen-bond acceptors (Lipinski definition) is 3. The van der Waals surface area contributed by atoms with Gasteiger partial charge in [0.25, 0.3) is 0 Å². The molecule has 0 bridgehead atoms. The van der Waals surface area contributed by atoms with Gasteiger partial charge in [0.15, 0.2) is 5.96 Å². The lowest BCUT2D eigenvalue weighted by atomic mass is 10.2. The summed E-state index contributed by atoms with van der Waals surface area (Å²) >= 11 is 0. The number of halogens is 2. The Morgan fingerprint density at radius 3 is 2.48 bits per heavy atom. The van der Waals surface area contributed by atoms with E-state index in [1.54, 1.807) is 32.5 Å². The van der Waals surface area contributed by atoms with Gasteiger partial charge in [-0.15, -0.1) is 24.0 Å². The highest BCUT2D eigenvalue weighted by Crippen LogP contribution is 2.06. The molecule has 2 rings (SSSR count). The van der Waals surface area contributed by atoms with Crippen molar-refractivity contribution in [1.29, 1.82) is 0 Å². The Kier molecular flexibility index (Phi) is 9.84. The molecule has 27 heavy (non-hydrogen) atoms. The molecule has 1 N–H and O–H groups in total. The van der Waals surface area contributed by atoms with Crippen molar-refractivity contribution in [2.24, 2.45) is 4.99 Å². The van der Waals surface area contributed by atoms with Crippen molar-refractivity contribution in [2.45, 2.75) is 13.0 Å². The van der Waals surface area contributed by atoms with Crippen LogP contribution in [-0.2, 0) is 17.8 Å². The Balaban J connectivity index is 0.00000364. The number of benzene rings is 1. The summed E-state index contributed by atoms with van der Waals surface area (Å²) in [5, 5.41) is 3.25. The first-order chi connectivity index (χ1) is 12.5. The number of aliphatic imine (C=N–C) groups is 1. The van der Waals surface area contributed by atoms with Gasteiger partial charge in [0, 0.05) is 40.7 Å². The van der Waals surface area contributed by atoms with Gasteiger partial charge in [-0.2, -0.15) is 0 Å². The average Bonchev–Trinajstić information content (AvgIpc) is 3.12. The van der Waals surface area contributed by atoms with Gasteiger partial charge in [0.1, 0.15) is 18.1 Å². The first-order valence-electron chi connectivity index (χ1n) is 8.42. The number of carbonyl (C=O) groups excluding carboxylic acids is 1. The lowest BCUT2D eigenvalue weighted by Crippen LogP contribution is -2.40. The van der Waals surface area contributed by atoms with Crippen LogP contribution in [0.2, 0.25) is 0 Å². The first-order valence-corrected chi connectivity index (χ1v) is 8.42. The third-order valence-electron chi connectivity index (χ3n) is 3.79. The van der Waals surface area contributed by atoms with Crippen LogP contribution in [0, 0.1) is 5.82 Å². The zero-order valence-electron chi connectivity index (χ0n) is 15.8. The molecule has 1 heterocycles. The fourth-order valence-electron chi connectivity index (χ4n) is 2.29. The maximum atomic E-state index is 13.1. The number of furan rings is 1. The number of amides is 1. The van der Waals surface area contributed by atoms with Crippen molar-refractivity contribution in [2.75, 3.05) is 34.2 Å². The van der Waals surface area contributed by atoms with Crippen LogP contribution in [0.5, 0.6) is 0 Å². The zero-order valence-corrected chi connectivity index (χ0v) is 18.1. The van der Waals surface area contributed by atoms with E-state index < -0.39 is 0 Å². The van der Waals surface area contributed by atoms with Gasteiger partial charge in [0.2, 0.25) is 5.91 Å². The Bertz CT molecular complexity index is 718. The van der Waals surface area contributed by atoms with E-state index in [4.69, 9.17) is 4.42 Å². The number of likely N-dealkylation sites (N-methyl/N-ethyl adjacent to an activating group) is 1. The molecule has 0 aliphatic heterocycles. The van der Waals surface area contributed by atoms with Gasteiger partial charge < -0.3 is 19.5 Å². The molecular weight excluding hydrogens is 462 g/mol. The minimum Gasteiger partial charge on any atom is -0.469 e. The molecular formula is C19H26FIN4O2. The molecule has 0 saturated heterocycles. The summed E-state index contributed by atoms with van der Waals surface area (Å²) in [5.41, 5.74) is 0.952. The van der Waals surface area contributed by atoms with Crippen LogP contribution in [-0.4, -0.2) is 55.9 Å². The van der Waals surface area contributed by atoms with Gasteiger partial charge in [-0.1, -0.05) is 12.1 Å². The summed E-state index contributed by atoms with van der Waals surface area (Å²) in [6.45, 7) is 1.23. The molecule has 0 fully saturated rings. The van der Waals surface area contributed by atoms with E-state index in [-0.39, 0.29) is 42.2 Å². The molecule has 6 nitrogen and oxygen atoms in total. The maximum absolute atomic E-state index is 13.1. The predicted octanol–water partition coefficient (Wildman–Crippen LogP) is 2.75. The molecule has 0 aliphatic rings. The Hall–Kier alpha value is -2.10. The molecule has 0 unspecified atom stereocenters. The summed E-state index contributed by atoms with van der Waals surface area (Å²) < 4.78 is 18.4. The molecule has 1 aromatic carbocycles. The van der Waals surface area contributed by atoms with Crippen LogP contribution < -0.4 is 5.32 Å². The highest BCUT2D eigenvalue weighted by Gasteiger charge is 2.10. The van der Waals surface area contributed by atoms with Crippen molar-refractivity contribution in [3.63, 3.8) is 0 Å². The van der Waals surface area contributed by atoms with E-state index in [2.05, 4.69) is 10.3 Å². The molecule has 1 aromatic heterocycles. The van der Waals surface area contributed by atoms with Crippen LogP contribution in [0.15, 0.2) is 52.1 Å². The third-order valence-corrected chi connectivity index (χ3v) is 3.79. The summed E-state index contributed by atoms with van der Waals surface area (Å²) in [7, 11) is 5.27. The molecule has 8 heteroatoms. The number of nitrogens with one attached hydrogen (secondary N) is 1. The number of guanidine groups is 1. The summed E-state index contributed by atoms with van der Waals surface area (Å²) in [6, 6.07) is 10.1. The van der Waals surface area contributed by atoms with Crippen molar-refractivity contribution < 1.29 is 13.6 Å². The number of carbonyl (C=O) groups is 1. The SMILES string of the molecule is CN(C)C(=O)CN=C(NCCc1ccco1)N(C)Cc1ccc(F)cc1.I. The Labute approximate surface area is 176 Å². The zero-order chi connectivity index (χ0) is 18.9. The minimum absolute atomic E-state index is 0. The number of nitrogens with zero attached hydrogens (tertiary/aromatic N) is 3. The normalized spacial score (nSPS) is 10.9. The van der Waals surface area contributed by atoms with E-state index in [1.165, 1.54) is 17.0 Å². The van der Waals surface area contributed by atoms with Crippen LogP contribution in [0.25, 0.3) is 0 Å². The van der Waals surface area contributed by atoms with E-state index in [9.17, 15) is 9.18 Å². The molecule has 0 atom stereocenters. The largest absolute Gasteiger partial charge is 0.469 e. The fourth-order valence-corrected chi connectivity index (χ4v) is 2.29. The van der Waals surface area contributed by atoms with Crippen LogP contribution in [0.1, 0.15) is 11.3 Å². The first kappa shape index (κ1) is 22.9. The molecule has 1 amide bonds. The van der Waals surface area contributed by atoms with Crippen LogP contribution in [0.4, 0.5) is 4.39 Å². The maximum Gasteiger partial charge on any atom is 0.243 e. The molecule has 2 aromatic rings. The quantitative estimate of drug-likeness (QED) is 0.370. The van der Waals surface area contributed by atoms with Crippen molar-refractivity contribution in [1.82, 2.24) is 15.1 Å². The summed E-state index contributed by atoms with van der Waals surface area (Å²) in [5.74, 6) is 1.14. The third kappa shape index (κ3) is 7.98. The highest BCUT2D eigenvalue weighted by molar-refractivity contribution is 14.0. The highest BCUT2D eigenvalue weighted by atomic mass is 127. The van der Waals surface area contributed by atoms with Gasteiger partial charge in [0.05, 0.1) is 6.26 Å².